The molecule has 3 nitrogen and oxygen atoms in total. The van der Waals surface area contributed by atoms with Crippen molar-refractivity contribution in [3.63, 3.8) is 0 Å². The number of carbonyl (C=O) groups excluding carboxylic acids is 1. The maximum absolute atomic E-state index is 12.8. The highest BCUT2D eigenvalue weighted by Crippen LogP contribution is 2.35. The molecule has 4 rings (SSSR count). The molecular weight excluding hydrogens is 374 g/mol. The number of benzene rings is 2. The molecule has 0 radical (unpaired) electrons. The standard InChI is InChI=1S/C22H19NO2S2/c1-15-18(13-17-9-5-6-10-19(17)25-15)14-20-21(24)23(22(26)27-20)12-11-16-7-3-2-4-8-16/h2-10,13-15H,11-12H2,1H3/b20-14+/t15-/m1/s1. The molecule has 2 heterocycles. The predicted molar refractivity (Wildman–Crippen MR) is 115 cm³/mol. The summed E-state index contributed by atoms with van der Waals surface area (Å²) in [5.74, 6) is 0.852. The maximum Gasteiger partial charge on any atom is 0.266 e. The van der Waals surface area contributed by atoms with Crippen molar-refractivity contribution in [3.05, 3.63) is 82.3 Å². The predicted octanol–water partition coefficient (Wildman–Crippen LogP) is 4.84. The number of fused-ring (bicyclic) bond motifs is 1. The average Bonchev–Trinajstić information content (AvgIpc) is 2.94. The summed E-state index contributed by atoms with van der Waals surface area (Å²) in [6.45, 7) is 2.59. The molecule has 0 bridgehead atoms. The van der Waals surface area contributed by atoms with Crippen molar-refractivity contribution in [2.75, 3.05) is 6.54 Å². The van der Waals surface area contributed by atoms with Crippen LogP contribution in [-0.2, 0) is 11.2 Å². The summed E-state index contributed by atoms with van der Waals surface area (Å²) < 4.78 is 6.59. The van der Waals surface area contributed by atoms with Gasteiger partial charge in [-0.15, -0.1) is 0 Å². The smallest absolute Gasteiger partial charge is 0.266 e. The van der Waals surface area contributed by atoms with Crippen LogP contribution in [0.5, 0.6) is 5.75 Å². The van der Waals surface area contributed by atoms with Crippen molar-refractivity contribution in [3.8, 4) is 5.75 Å². The molecule has 1 saturated heterocycles. The van der Waals surface area contributed by atoms with Gasteiger partial charge in [-0.25, -0.2) is 0 Å². The van der Waals surface area contributed by atoms with Crippen LogP contribution in [0.25, 0.3) is 6.08 Å². The number of thiocarbonyl (C=S) groups is 1. The normalized spacial score (nSPS) is 20.5. The number of hydrogen-bond donors (Lipinski definition) is 0. The zero-order valence-electron chi connectivity index (χ0n) is 14.9. The Morgan fingerprint density at radius 1 is 1.15 bits per heavy atom. The van der Waals surface area contributed by atoms with Crippen LogP contribution in [0.4, 0.5) is 0 Å². The van der Waals surface area contributed by atoms with Gasteiger partial charge in [0.2, 0.25) is 0 Å². The fraction of sp³-hybridized carbons (Fsp3) is 0.182. The Labute approximate surface area is 168 Å². The van der Waals surface area contributed by atoms with Gasteiger partial charge in [0.25, 0.3) is 5.91 Å². The van der Waals surface area contributed by atoms with Gasteiger partial charge in [-0.1, -0.05) is 72.5 Å². The van der Waals surface area contributed by atoms with Gasteiger partial charge in [-0.3, -0.25) is 9.69 Å². The zero-order valence-corrected chi connectivity index (χ0v) is 16.6. The van der Waals surface area contributed by atoms with Crippen molar-refractivity contribution < 1.29 is 9.53 Å². The van der Waals surface area contributed by atoms with Gasteiger partial charge in [0.05, 0.1) is 4.91 Å². The van der Waals surface area contributed by atoms with Crippen LogP contribution in [0.15, 0.2) is 71.2 Å². The second-order valence-corrected chi connectivity index (χ2v) is 8.19. The number of ether oxygens (including phenoxy) is 1. The van der Waals surface area contributed by atoms with Crippen molar-refractivity contribution in [2.45, 2.75) is 19.4 Å². The third-order valence-corrected chi connectivity index (χ3v) is 6.03. The lowest BCUT2D eigenvalue weighted by Crippen LogP contribution is -2.30. The first kappa shape index (κ1) is 18.0. The highest BCUT2D eigenvalue weighted by Gasteiger charge is 2.32. The summed E-state index contributed by atoms with van der Waals surface area (Å²) in [5.41, 5.74) is 3.21. The Bertz CT molecular complexity index is 950. The first-order valence-corrected chi connectivity index (χ1v) is 10.1. The van der Waals surface area contributed by atoms with Gasteiger partial charge < -0.3 is 4.74 Å². The van der Waals surface area contributed by atoms with E-state index in [2.05, 4.69) is 18.2 Å². The quantitative estimate of drug-likeness (QED) is 0.549. The molecule has 1 fully saturated rings. The molecule has 2 aliphatic heterocycles. The molecule has 0 saturated carbocycles. The van der Waals surface area contributed by atoms with Crippen LogP contribution in [0.2, 0.25) is 0 Å². The number of amides is 1. The van der Waals surface area contributed by atoms with E-state index in [-0.39, 0.29) is 12.0 Å². The van der Waals surface area contributed by atoms with E-state index >= 15 is 0 Å². The number of thioether (sulfide) groups is 1. The van der Waals surface area contributed by atoms with E-state index in [1.807, 2.05) is 55.5 Å². The molecule has 0 spiro atoms. The SMILES string of the molecule is C[C@H]1Oc2ccccc2C=C1/C=C1/SC(=S)N(CCc2ccccc2)C1=O. The first-order chi connectivity index (χ1) is 13.1. The molecule has 0 N–H and O–H groups in total. The molecule has 2 aromatic carbocycles. The number of para-hydroxylation sites is 1. The molecule has 1 amide bonds. The topological polar surface area (TPSA) is 29.5 Å². The highest BCUT2D eigenvalue weighted by molar-refractivity contribution is 8.26. The minimum absolute atomic E-state index is 0.0205. The van der Waals surface area contributed by atoms with Crippen molar-refractivity contribution in [1.29, 1.82) is 0 Å². The summed E-state index contributed by atoms with van der Waals surface area (Å²) in [5, 5.41) is 0. The van der Waals surface area contributed by atoms with Crippen molar-refractivity contribution in [1.82, 2.24) is 4.90 Å². The molecule has 27 heavy (non-hydrogen) atoms. The van der Waals surface area contributed by atoms with Gasteiger partial charge in [-0.05, 0) is 42.7 Å². The molecular formula is C22H19NO2S2. The van der Waals surface area contributed by atoms with Crippen LogP contribution in [0.3, 0.4) is 0 Å². The summed E-state index contributed by atoms with van der Waals surface area (Å²) >= 11 is 6.81. The molecule has 2 aromatic rings. The molecule has 2 aliphatic rings. The van der Waals surface area contributed by atoms with E-state index in [0.717, 1.165) is 23.3 Å². The number of nitrogens with zero attached hydrogens (tertiary/aromatic N) is 1. The van der Waals surface area contributed by atoms with Crippen LogP contribution in [0, 0.1) is 0 Å². The summed E-state index contributed by atoms with van der Waals surface area (Å²) in [6, 6.07) is 18.1. The van der Waals surface area contributed by atoms with E-state index in [0.29, 0.717) is 15.8 Å². The van der Waals surface area contributed by atoms with Gasteiger partial charge in [0, 0.05) is 12.1 Å². The summed E-state index contributed by atoms with van der Waals surface area (Å²) in [7, 11) is 0. The van der Waals surface area contributed by atoms with E-state index in [1.165, 1.54) is 17.3 Å². The maximum atomic E-state index is 12.8. The lowest BCUT2D eigenvalue weighted by molar-refractivity contribution is -0.122. The Balaban J connectivity index is 1.52. The van der Waals surface area contributed by atoms with E-state index in [9.17, 15) is 4.79 Å². The number of rotatable bonds is 4. The van der Waals surface area contributed by atoms with E-state index in [1.54, 1.807) is 4.90 Å². The Morgan fingerprint density at radius 3 is 2.70 bits per heavy atom. The Hall–Kier alpha value is -2.37. The minimum atomic E-state index is -0.104. The minimum Gasteiger partial charge on any atom is -0.485 e. The van der Waals surface area contributed by atoms with Gasteiger partial charge in [-0.2, -0.15) is 0 Å². The van der Waals surface area contributed by atoms with Crippen LogP contribution >= 0.6 is 24.0 Å². The second kappa shape index (κ2) is 7.71. The fourth-order valence-electron chi connectivity index (χ4n) is 3.15. The van der Waals surface area contributed by atoms with Crippen molar-refractivity contribution in [2.24, 2.45) is 0 Å². The van der Waals surface area contributed by atoms with Gasteiger partial charge >= 0.3 is 0 Å². The zero-order chi connectivity index (χ0) is 18.8. The van der Waals surface area contributed by atoms with E-state index < -0.39 is 0 Å². The largest absolute Gasteiger partial charge is 0.485 e. The lowest BCUT2D eigenvalue weighted by Gasteiger charge is -2.23. The molecule has 0 unspecified atom stereocenters. The Kier molecular flexibility index (Phi) is 5.14. The summed E-state index contributed by atoms with van der Waals surface area (Å²) in [4.78, 5) is 15.2. The third-order valence-electron chi connectivity index (χ3n) is 4.65. The van der Waals surface area contributed by atoms with Gasteiger partial charge in [0.1, 0.15) is 16.2 Å². The monoisotopic (exact) mass is 393 g/mol. The fourth-order valence-corrected chi connectivity index (χ4v) is 4.46. The molecule has 1 atom stereocenters. The number of hydrogen-bond acceptors (Lipinski definition) is 4. The van der Waals surface area contributed by atoms with E-state index in [4.69, 9.17) is 17.0 Å². The van der Waals surface area contributed by atoms with Crippen LogP contribution in [-0.4, -0.2) is 27.8 Å². The molecule has 136 valence electrons. The Morgan fingerprint density at radius 2 is 1.89 bits per heavy atom. The third kappa shape index (κ3) is 3.84. The summed E-state index contributed by atoms with van der Waals surface area (Å²) in [6.07, 6.45) is 4.69. The highest BCUT2D eigenvalue weighted by atomic mass is 32.2. The van der Waals surface area contributed by atoms with Crippen LogP contribution in [0.1, 0.15) is 18.1 Å². The molecule has 0 aliphatic carbocycles. The second-order valence-electron chi connectivity index (χ2n) is 6.51. The first-order valence-electron chi connectivity index (χ1n) is 8.88. The van der Waals surface area contributed by atoms with Gasteiger partial charge in [0.15, 0.2) is 0 Å². The lowest BCUT2D eigenvalue weighted by atomic mass is 10.0. The number of carbonyl (C=O) groups is 1. The average molecular weight is 394 g/mol. The van der Waals surface area contributed by atoms with Crippen LogP contribution < -0.4 is 4.74 Å². The molecule has 5 heteroatoms. The van der Waals surface area contributed by atoms with Crippen molar-refractivity contribution >= 4 is 40.3 Å². The molecule has 0 aromatic heterocycles.